The molecule has 2 N–H and O–H groups in total. The van der Waals surface area contributed by atoms with Crippen LogP contribution in [-0.2, 0) is 4.79 Å². The summed E-state index contributed by atoms with van der Waals surface area (Å²) >= 11 is 0. The molecule has 1 amide bonds. The van der Waals surface area contributed by atoms with Crippen molar-refractivity contribution in [3.8, 4) is 0 Å². The van der Waals surface area contributed by atoms with E-state index in [1.165, 1.54) is 19.4 Å². The fourth-order valence-corrected chi connectivity index (χ4v) is 2.23. The van der Waals surface area contributed by atoms with Crippen molar-refractivity contribution in [1.82, 2.24) is 15.5 Å². The van der Waals surface area contributed by atoms with Crippen LogP contribution < -0.4 is 10.6 Å². The van der Waals surface area contributed by atoms with E-state index in [0.29, 0.717) is 6.42 Å². The van der Waals surface area contributed by atoms with Gasteiger partial charge in [-0.05, 0) is 51.9 Å². The summed E-state index contributed by atoms with van der Waals surface area (Å²) in [5.41, 5.74) is 0. The lowest BCUT2D eigenvalue weighted by atomic mass is 9.97. The van der Waals surface area contributed by atoms with Gasteiger partial charge < -0.3 is 15.5 Å². The predicted molar refractivity (Wildman–Crippen MR) is 66.4 cm³/mol. The zero-order valence-electron chi connectivity index (χ0n) is 10.6. The van der Waals surface area contributed by atoms with Crippen molar-refractivity contribution in [2.45, 2.75) is 25.7 Å². The first kappa shape index (κ1) is 13.5. The lowest BCUT2D eigenvalue weighted by molar-refractivity contribution is -0.120. The Morgan fingerprint density at radius 1 is 1.44 bits per heavy atom. The number of nitrogens with one attached hydrogen (secondary N) is 2. The van der Waals surface area contributed by atoms with Crippen LogP contribution in [0.3, 0.4) is 0 Å². The highest BCUT2D eigenvalue weighted by Gasteiger charge is 2.14. The number of piperidine rings is 1. The maximum absolute atomic E-state index is 11.0. The SMILES string of the molecule is CNC(=O)CCCN(C)CC1CCNCC1. The highest BCUT2D eigenvalue weighted by Crippen LogP contribution is 2.12. The maximum Gasteiger partial charge on any atom is 0.219 e. The molecule has 0 atom stereocenters. The number of nitrogens with zero attached hydrogens (tertiary/aromatic N) is 1. The molecule has 0 aromatic heterocycles. The van der Waals surface area contributed by atoms with Crippen LogP contribution in [0.15, 0.2) is 0 Å². The predicted octanol–water partition coefficient (Wildman–Crippen LogP) is 0.444. The van der Waals surface area contributed by atoms with Crippen molar-refractivity contribution in [1.29, 1.82) is 0 Å². The zero-order valence-corrected chi connectivity index (χ0v) is 10.6. The van der Waals surface area contributed by atoms with E-state index in [4.69, 9.17) is 0 Å². The number of hydrogen-bond acceptors (Lipinski definition) is 3. The molecule has 1 aliphatic heterocycles. The van der Waals surface area contributed by atoms with E-state index in [-0.39, 0.29) is 5.91 Å². The molecule has 0 aromatic carbocycles. The van der Waals surface area contributed by atoms with E-state index in [1.807, 2.05) is 0 Å². The van der Waals surface area contributed by atoms with Crippen molar-refractivity contribution in [3.63, 3.8) is 0 Å². The summed E-state index contributed by atoms with van der Waals surface area (Å²) in [5.74, 6) is 0.988. The standard InChI is InChI=1S/C12H25N3O/c1-13-12(16)4-3-9-15(2)10-11-5-7-14-8-6-11/h11,14H,3-10H2,1-2H3,(H,13,16). The number of carbonyl (C=O) groups excluding carboxylic acids is 1. The smallest absolute Gasteiger partial charge is 0.219 e. The van der Waals surface area contributed by atoms with Crippen molar-refractivity contribution in [2.24, 2.45) is 5.92 Å². The average Bonchev–Trinajstić information content (AvgIpc) is 2.30. The van der Waals surface area contributed by atoms with Crippen LogP contribution in [0.5, 0.6) is 0 Å². The van der Waals surface area contributed by atoms with E-state index in [9.17, 15) is 4.79 Å². The molecule has 4 heteroatoms. The van der Waals surface area contributed by atoms with Gasteiger partial charge in [0.15, 0.2) is 0 Å². The molecular formula is C12H25N3O. The Morgan fingerprint density at radius 2 is 2.12 bits per heavy atom. The molecule has 0 unspecified atom stereocenters. The molecule has 0 radical (unpaired) electrons. The van der Waals surface area contributed by atoms with Crippen LogP contribution in [0.4, 0.5) is 0 Å². The van der Waals surface area contributed by atoms with Gasteiger partial charge in [0.25, 0.3) is 0 Å². The zero-order chi connectivity index (χ0) is 11.8. The molecular weight excluding hydrogens is 202 g/mol. The topological polar surface area (TPSA) is 44.4 Å². The molecule has 94 valence electrons. The molecule has 16 heavy (non-hydrogen) atoms. The summed E-state index contributed by atoms with van der Waals surface area (Å²) < 4.78 is 0. The Kier molecular flexibility index (Phi) is 6.42. The fourth-order valence-electron chi connectivity index (χ4n) is 2.23. The van der Waals surface area contributed by atoms with Gasteiger partial charge in [0.05, 0.1) is 0 Å². The minimum atomic E-state index is 0.148. The Balaban J connectivity index is 2.05. The number of carbonyl (C=O) groups is 1. The van der Waals surface area contributed by atoms with E-state index in [0.717, 1.165) is 32.0 Å². The van der Waals surface area contributed by atoms with Crippen LogP contribution in [0.2, 0.25) is 0 Å². The van der Waals surface area contributed by atoms with E-state index in [2.05, 4.69) is 22.6 Å². The Hall–Kier alpha value is -0.610. The quantitative estimate of drug-likeness (QED) is 0.692. The molecule has 0 spiro atoms. The molecule has 1 fully saturated rings. The van der Waals surface area contributed by atoms with E-state index in [1.54, 1.807) is 7.05 Å². The Morgan fingerprint density at radius 3 is 2.75 bits per heavy atom. The highest BCUT2D eigenvalue weighted by molar-refractivity contribution is 5.75. The van der Waals surface area contributed by atoms with Gasteiger partial charge in [-0.1, -0.05) is 0 Å². The lowest BCUT2D eigenvalue weighted by Gasteiger charge is -2.27. The van der Waals surface area contributed by atoms with E-state index < -0.39 is 0 Å². The van der Waals surface area contributed by atoms with Crippen LogP contribution >= 0.6 is 0 Å². The molecule has 1 heterocycles. The second-order valence-corrected chi connectivity index (χ2v) is 4.73. The molecule has 0 aromatic rings. The third kappa shape index (κ3) is 5.47. The summed E-state index contributed by atoms with van der Waals surface area (Å²) in [7, 11) is 3.85. The second kappa shape index (κ2) is 7.63. The Labute approximate surface area is 98.8 Å². The monoisotopic (exact) mass is 227 g/mol. The van der Waals surface area contributed by atoms with Crippen LogP contribution in [0.25, 0.3) is 0 Å². The number of hydrogen-bond donors (Lipinski definition) is 2. The molecule has 1 rings (SSSR count). The molecule has 4 nitrogen and oxygen atoms in total. The van der Waals surface area contributed by atoms with Gasteiger partial charge in [-0.25, -0.2) is 0 Å². The third-order valence-corrected chi connectivity index (χ3v) is 3.25. The molecule has 1 aliphatic rings. The van der Waals surface area contributed by atoms with Gasteiger partial charge in [0, 0.05) is 20.0 Å². The highest BCUT2D eigenvalue weighted by atomic mass is 16.1. The fraction of sp³-hybridized carbons (Fsp3) is 0.917. The minimum absolute atomic E-state index is 0.148. The van der Waals surface area contributed by atoms with Crippen LogP contribution in [-0.4, -0.2) is 51.1 Å². The van der Waals surface area contributed by atoms with Gasteiger partial charge in [0.1, 0.15) is 0 Å². The van der Waals surface area contributed by atoms with Crippen molar-refractivity contribution in [3.05, 3.63) is 0 Å². The molecule has 0 saturated carbocycles. The summed E-state index contributed by atoms with van der Waals surface area (Å²) in [6.45, 7) is 4.53. The second-order valence-electron chi connectivity index (χ2n) is 4.73. The average molecular weight is 227 g/mol. The van der Waals surface area contributed by atoms with Crippen molar-refractivity contribution in [2.75, 3.05) is 40.3 Å². The van der Waals surface area contributed by atoms with Gasteiger partial charge in [-0.3, -0.25) is 4.79 Å². The van der Waals surface area contributed by atoms with Gasteiger partial charge in [-0.2, -0.15) is 0 Å². The van der Waals surface area contributed by atoms with Gasteiger partial charge in [-0.15, -0.1) is 0 Å². The molecule has 1 saturated heterocycles. The van der Waals surface area contributed by atoms with E-state index >= 15 is 0 Å². The van der Waals surface area contributed by atoms with Gasteiger partial charge in [0.2, 0.25) is 5.91 Å². The summed E-state index contributed by atoms with van der Waals surface area (Å²) in [6.07, 6.45) is 4.19. The summed E-state index contributed by atoms with van der Waals surface area (Å²) in [4.78, 5) is 13.4. The number of amides is 1. The summed E-state index contributed by atoms with van der Waals surface area (Å²) in [5, 5.41) is 6.04. The maximum atomic E-state index is 11.0. The molecule has 0 aliphatic carbocycles. The molecule has 0 bridgehead atoms. The third-order valence-electron chi connectivity index (χ3n) is 3.25. The van der Waals surface area contributed by atoms with Gasteiger partial charge >= 0.3 is 0 Å². The van der Waals surface area contributed by atoms with Crippen LogP contribution in [0, 0.1) is 5.92 Å². The van der Waals surface area contributed by atoms with Crippen LogP contribution in [0.1, 0.15) is 25.7 Å². The Bertz CT molecular complexity index is 202. The van der Waals surface area contributed by atoms with Crippen molar-refractivity contribution < 1.29 is 4.79 Å². The normalized spacial score (nSPS) is 17.7. The largest absolute Gasteiger partial charge is 0.359 e. The first-order valence-corrected chi connectivity index (χ1v) is 6.32. The minimum Gasteiger partial charge on any atom is -0.359 e. The summed E-state index contributed by atoms with van der Waals surface area (Å²) in [6, 6.07) is 0. The first-order chi connectivity index (χ1) is 7.72. The van der Waals surface area contributed by atoms with Crippen molar-refractivity contribution >= 4 is 5.91 Å². The lowest BCUT2D eigenvalue weighted by Crippen LogP contribution is -2.35. The first-order valence-electron chi connectivity index (χ1n) is 6.32. The number of rotatable bonds is 6.